The van der Waals surface area contributed by atoms with Gasteiger partial charge in [-0.15, -0.1) is 11.6 Å². The van der Waals surface area contributed by atoms with E-state index < -0.39 is 28.8 Å². The molecule has 0 heterocycles. The second kappa shape index (κ2) is 9.45. The lowest BCUT2D eigenvalue weighted by Crippen LogP contribution is -2.61. The Labute approximate surface area is 162 Å². The summed E-state index contributed by atoms with van der Waals surface area (Å²) in [7, 11) is 2.83. The molecule has 9 heteroatoms. The lowest BCUT2D eigenvalue weighted by Gasteiger charge is -2.38. The lowest BCUT2D eigenvalue weighted by atomic mass is 9.98. The van der Waals surface area contributed by atoms with E-state index in [1.54, 1.807) is 19.9 Å². The largest absolute Gasteiger partial charge is 0.547 e. The fourth-order valence-corrected chi connectivity index (χ4v) is 2.72. The molecule has 0 saturated carbocycles. The molecular weight excluding hydrogens is 378 g/mol. The van der Waals surface area contributed by atoms with Crippen molar-refractivity contribution < 1.29 is 34.1 Å². The maximum Gasteiger partial charge on any atom is 0.244 e. The zero-order valence-corrected chi connectivity index (χ0v) is 16.4. The van der Waals surface area contributed by atoms with Crippen LogP contribution in [0.1, 0.15) is 32.3 Å². The Hall–Kier alpha value is -2.48. The molecule has 0 aliphatic carbocycles. The second-order valence-electron chi connectivity index (χ2n) is 5.82. The Balaban J connectivity index is 3.45. The van der Waals surface area contributed by atoms with Gasteiger partial charge in [-0.1, -0.05) is 13.8 Å². The van der Waals surface area contributed by atoms with Gasteiger partial charge in [-0.3, -0.25) is 4.79 Å². The SMILES string of the molecule is CCC(Cl)(CC)C(=O)N(Cc1ccc(OC)cc1OC)C(C(=O)[O-])C(=O)[O-]. The van der Waals surface area contributed by atoms with Crippen LogP contribution >= 0.6 is 11.6 Å². The average Bonchev–Trinajstić information content (AvgIpc) is 2.65. The summed E-state index contributed by atoms with van der Waals surface area (Å²) in [6, 6.07) is 2.33. The van der Waals surface area contributed by atoms with Gasteiger partial charge in [0.25, 0.3) is 0 Å². The zero-order valence-electron chi connectivity index (χ0n) is 15.6. The molecule has 1 aromatic rings. The number of hydrogen-bond acceptors (Lipinski definition) is 7. The third kappa shape index (κ3) is 5.03. The molecule has 0 aliphatic heterocycles. The molecule has 1 aromatic carbocycles. The number of aliphatic carboxylic acids is 2. The normalized spacial score (nSPS) is 11.2. The van der Waals surface area contributed by atoms with Gasteiger partial charge in [0.15, 0.2) is 0 Å². The summed E-state index contributed by atoms with van der Waals surface area (Å²) >= 11 is 6.33. The average molecular weight is 400 g/mol. The number of nitrogens with zero attached hydrogens (tertiary/aromatic N) is 1. The van der Waals surface area contributed by atoms with Crippen molar-refractivity contribution in [3.05, 3.63) is 23.8 Å². The third-order valence-electron chi connectivity index (χ3n) is 4.36. The van der Waals surface area contributed by atoms with Gasteiger partial charge in [-0.2, -0.15) is 0 Å². The van der Waals surface area contributed by atoms with Crippen molar-refractivity contribution in [1.29, 1.82) is 0 Å². The van der Waals surface area contributed by atoms with Crippen LogP contribution in [0.15, 0.2) is 18.2 Å². The molecule has 0 aliphatic rings. The first kappa shape index (κ1) is 22.6. The van der Waals surface area contributed by atoms with Crippen LogP contribution in [-0.2, 0) is 20.9 Å². The maximum atomic E-state index is 13.0. The molecular formula is C18H22ClNO7-2. The van der Waals surface area contributed by atoms with E-state index in [9.17, 15) is 24.6 Å². The molecule has 8 nitrogen and oxygen atoms in total. The molecule has 0 bridgehead atoms. The number of alkyl halides is 1. The lowest BCUT2D eigenvalue weighted by molar-refractivity contribution is -0.331. The molecule has 1 amide bonds. The number of carbonyl (C=O) groups excluding carboxylic acids is 3. The molecule has 0 fully saturated rings. The van der Waals surface area contributed by atoms with Crippen LogP contribution < -0.4 is 19.7 Å². The van der Waals surface area contributed by atoms with Crippen LogP contribution in [0, 0.1) is 0 Å². The number of amides is 1. The van der Waals surface area contributed by atoms with E-state index in [2.05, 4.69) is 0 Å². The number of halogens is 1. The highest BCUT2D eigenvalue weighted by Crippen LogP contribution is 2.31. The minimum atomic E-state index is -2.31. The highest BCUT2D eigenvalue weighted by molar-refractivity contribution is 6.35. The Morgan fingerprint density at radius 1 is 1.11 bits per heavy atom. The standard InChI is InChI=1S/C18H24ClNO7/c1-5-18(19,6-2)17(25)20(14(15(21)22)16(23)24)10-11-7-8-12(26-3)9-13(11)27-4/h7-9,14H,5-6,10H2,1-4H3,(H,21,22)(H,23,24)/p-2. The van der Waals surface area contributed by atoms with E-state index in [1.807, 2.05) is 0 Å². The van der Waals surface area contributed by atoms with E-state index in [-0.39, 0.29) is 25.1 Å². The van der Waals surface area contributed by atoms with Gasteiger partial charge in [0.1, 0.15) is 22.4 Å². The Morgan fingerprint density at radius 3 is 2.07 bits per heavy atom. The summed E-state index contributed by atoms with van der Waals surface area (Å²) in [6.07, 6.45) is 0.347. The predicted octanol–water partition coefficient (Wildman–Crippen LogP) is -0.302. The van der Waals surface area contributed by atoms with Crippen molar-refractivity contribution in [2.45, 2.75) is 44.1 Å². The smallest absolute Gasteiger partial charge is 0.244 e. The number of hydrogen-bond donors (Lipinski definition) is 0. The Bertz CT molecular complexity index is 689. The number of carboxylic acids is 2. The molecule has 0 radical (unpaired) electrons. The van der Waals surface area contributed by atoms with Gasteiger partial charge in [0, 0.05) is 11.6 Å². The molecule has 27 heavy (non-hydrogen) atoms. The van der Waals surface area contributed by atoms with Crippen molar-refractivity contribution in [3.63, 3.8) is 0 Å². The molecule has 0 unspecified atom stereocenters. The Morgan fingerprint density at radius 2 is 1.67 bits per heavy atom. The third-order valence-corrected chi connectivity index (χ3v) is 5.05. The minimum absolute atomic E-state index is 0.174. The van der Waals surface area contributed by atoms with E-state index in [1.165, 1.54) is 26.4 Å². The summed E-state index contributed by atoms with van der Waals surface area (Å²) < 4.78 is 10.3. The first-order chi connectivity index (χ1) is 12.6. The van der Waals surface area contributed by atoms with Crippen LogP contribution in [0.5, 0.6) is 11.5 Å². The number of ether oxygens (including phenoxy) is 2. The highest BCUT2D eigenvalue weighted by atomic mass is 35.5. The maximum absolute atomic E-state index is 13.0. The fourth-order valence-electron chi connectivity index (χ4n) is 2.61. The summed E-state index contributed by atoms with van der Waals surface area (Å²) in [4.78, 5) is 35.0. The second-order valence-corrected chi connectivity index (χ2v) is 6.55. The van der Waals surface area contributed by atoms with Crippen molar-refractivity contribution in [1.82, 2.24) is 4.90 Å². The highest BCUT2D eigenvalue weighted by Gasteiger charge is 2.40. The molecule has 0 spiro atoms. The van der Waals surface area contributed by atoms with E-state index in [0.29, 0.717) is 16.2 Å². The monoisotopic (exact) mass is 399 g/mol. The number of carbonyl (C=O) groups is 3. The van der Waals surface area contributed by atoms with Crippen LogP contribution in [0.2, 0.25) is 0 Å². The predicted molar refractivity (Wildman–Crippen MR) is 93.1 cm³/mol. The van der Waals surface area contributed by atoms with Gasteiger partial charge in [0.05, 0.1) is 32.7 Å². The summed E-state index contributed by atoms with van der Waals surface area (Å²) in [5.74, 6) is -4.02. The van der Waals surface area contributed by atoms with Gasteiger partial charge < -0.3 is 34.2 Å². The summed E-state index contributed by atoms with van der Waals surface area (Å²) in [5.41, 5.74) is 0.366. The van der Waals surface area contributed by atoms with E-state index in [4.69, 9.17) is 21.1 Å². The summed E-state index contributed by atoms with van der Waals surface area (Å²) in [5, 5.41) is 22.8. The molecule has 0 saturated heterocycles. The zero-order chi connectivity index (χ0) is 20.8. The van der Waals surface area contributed by atoms with Crippen LogP contribution in [-0.4, -0.2) is 47.9 Å². The van der Waals surface area contributed by atoms with Gasteiger partial charge >= 0.3 is 0 Å². The van der Waals surface area contributed by atoms with Crippen molar-refractivity contribution >= 4 is 29.4 Å². The van der Waals surface area contributed by atoms with E-state index >= 15 is 0 Å². The van der Waals surface area contributed by atoms with Crippen LogP contribution in [0.3, 0.4) is 0 Å². The first-order valence-electron chi connectivity index (χ1n) is 8.27. The number of rotatable bonds is 10. The number of benzene rings is 1. The number of carboxylic acid groups (broad SMARTS) is 2. The van der Waals surface area contributed by atoms with Crippen LogP contribution in [0.4, 0.5) is 0 Å². The molecule has 0 N–H and O–H groups in total. The molecule has 0 aromatic heterocycles. The van der Waals surface area contributed by atoms with Crippen molar-refractivity contribution in [2.24, 2.45) is 0 Å². The molecule has 150 valence electrons. The number of methoxy groups -OCH3 is 2. The quantitative estimate of drug-likeness (QED) is 0.391. The van der Waals surface area contributed by atoms with Gasteiger partial charge in [-0.05, 0) is 25.0 Å². The minimum Gasteiger partial charge on any atom is -0.547 e. The molecule has 0 atom stereocenters. The van der Waals surface area contributed by atoms with E-state index in [0.717, 1.165) is 0 Å². The fraction of sp³-hybridized carbons (Fsp3) is 0.500. The summed E-state index contributed by atoms with van der Waals surface area (Å²) in [6.45, 7) is 2.91. The molecule has 1 rings (SSSR count). The van der Waals surface area contributed by atoms with Gasteiger partial charge in [-0.25, -0.2) is 0 Å². The van der Waals surface area contributed by atoms with Crippen molar-refractivity contribution in [3.8, 4) is 11.5 Å². The van der Waals surface area contributed by atoms with Crippen LogP contribution in [0.25, 0.3) is 0 Å². The van der Waals surface area contributed by atoms with Crippen molar-refractivity contribution in [2.75, 3.05) is 14.2 Å². The Kier molecular flexibility index (Phi) is 7.90. The topological polar surface area (TPSA) is 119 Å². The first-order valence-corrected chi connectivity index (χ1v) is 8.65. The van der Waals surface area contributed by atoms with Gasteiger partial charge in [0.2, 0.25) is 5.91 Å².